The molecule has 0 bridgehead atoms. The number of pyridine rings is 2. The molecule has 0 aliphatic heterocycles. The van der Waals surface area contributed by atoms with E-state index in [4.69, 9.17) is 4.98 Å². The summed E-state index contributed by atoms with van der Waals surface area (Å²) in [5, 5.41) is 1.40. The minimum atomic E-state index is -1.23. The predicted octanol–water partition coefficient (Wildman–Crippen LogP) is 9.92. The molecule has 0 N–H and O–H groups in total. The van der Waals surface area contributed by atoms with E-state index in [2.05, 4.69) is 142 Å². The normalized spacial score (nSPS) is 12.7. The molecule has 2 aromatic heterocycles. The number of rotatable bonds is 4. The predicted molar refractivity (Wildman–Crippen MR) is 188 cm³/mol. The zero-order valence-corrected chi connectivity index (χ0v) is 30.2. The molecule has 4 aromatic carbocycles. The van der Waals surface area contributed by atoms with Crippen LogP contribution < -0.4 is 5.19 Å². The molecule has 1 aliphatic rings. The van der Waals surface area contributed by atoms with Crippen LogP contribution in [0.1, 0.15) is 30.5 Å². The van der Waals surface area contributed by atoms with E-state index in [9.17, 15) is 0 Å². The van der Waals surface area contributed by atoms with E-state index in [-0.39, 0.29) is 25.5 Å². The van der Waals surface area contributed by atoms with E-state index in [1.54, 1.807) is 0 Å². The van der Waals surface area contributed by atoms with Crippen molar-refractivity contribution in [1.82, 2.24) is 9.97 Å². The van der Waals surface area contributed by atoms with Crippen LogP contribution in [0.4, 0.5) is 0 Å². The molecule has 0 spiro atoms. The molecule has 7 rings (SSSR count). The smallest absolute Gasteiger partial charge is 0.0795 e. The Morgan fingerprint density at radius 2 is 1.33 bits per heavy atom. The molecule has 0 saturated carbocycles. The third-order valence-corrected chi connectivity index (χ3v) is 10.6. The van der Waals surface area contributed by atoms with Crippen LogP contribution in [0.2, 0.25) is 19.6 Å². The molecule has 1 radical (unpaired) electrons. The number of hydrogen-bond donors (Lipinski definition) is 0. The first kappa shape index (κ1) is 32.4. The van der Waals surface area contributed by atoms with Crippen molar-refractivity contribution < 1.29 is 20.1 Å². The number of nitrogens with zero attached hydrogens (tertiary/aromatic N) is 2. The van der Waals surface area contributed by atoms with Crippen LogP contribution in [-0.4, -0.2) is 18.0 Å². The Balaban J connectivity index is 0.000000202. The summed E-state index contributed by atoms with van der Waals surface area (Å²) < 4.78 is 0. The molecule has 0 unspecified atom stereocenters. The van der Waals surface area contributed by atoms with Crippen LogP contribution in [0, 0.1) is 19.1 Å². The van der Waals surface area contributed by atoms with E-state index in [1.807, 2.05) is 36.7 Å². The van der Waals surface area contributed by atoms with Gasteiger partial charge in [0.25, 0.3) is 0 Å². The molecule has 45 heavy (non-hydrogen) atoms. The molecule has 4 heteroatoms. The third kappa shape index (κ3) is 6.70. The van der Waals surface area contributed by atoms with E-state index in [0.717, 1.165) is 22.5 Å². The Morgan fingerprint density at radius 1 is 0.622 bits per heavy atom. The summed E-state index contributed by atoms with van der Waals surface area (Å²) in [5.41, 5.74) is 13.0. The van der Waals surface area contributed by atoms with Crippen molar-refractivity contribution in [3.63, 3.8) is 0 Å². The minimum Gasteiger partial charge on any atom is -0.305 e. The zero-order valence-electron chi connectivity index (χ0n) is 26.8. The number of hydrogen-bond acceptors (Lipinski definition) is 2. The summed E-state index contributed by atoms with van der Waals surface area (Å²) in [5.74, 6) is 0. The standard InChI is InChI=1S/C27H22N.C14H16NSi.Ir/c1-18-13-14-20(15-22(18)19-9-5-4-6-10-19)26-16-25-23(17-28-26)21-11-7-8-12-24(21)27(25,2)3;1-16(2,3)13-9-10-14(15-11-13)12-7-5-4-6-8-12;/h4-13,15-17H,1-3H3;4-7,9-11H,1-3H3;/q2*-1;. The van der Waals surface area contributed by atoms with Gasteiger partial charge in [0.2, 0.25) is 0 Å². The van der Waals surface area contributed by atoms with Gasteiger partial charge in [-0.15, -0.1) is 65.2 Å². The van der Waals surface area contributed by atoms with Gasteiger partial charge in [-0.3, -0.25) is 0 Å². The largest absolute Gasteiger partial charge is 0.305 e. The summed E-state index contributed by atoms with van der Waals surface area (Å²) in [7, 11) is -1.23. The summed E-state index contributed by atoms with van der Waals surface area (Å²) in [4.78, 5) is 9.34. The number of aromatic nitrogens is 2. The van der Waals surface area contributed by atoms with E-state index in [1.165, 1.54) is 44.1 Å². The van der Waals surface area contributed by atoms with Crippen molar-refractivity contribution in [2.75, 3.05) is 0 Å². The average molecular weight is 779 g/mol. The Labute approximate surface area is 283 Å². The maximum Gasteiger partial charge on any atom is 0.0795 e. The van der Waals surface area contributed by atoms with Crippen LogP contribution in [0.3, 0.4) is 0 Å². The molecule has 0 saturated heterocycles. The fraction of sp³-hybridized carbons (Fsp3) is 0.171. The first-order valence-electron chi connectivity index (χ1n) is 15.2. The quantitative estimate of drug-likeness (QED) is 0.132. The van der Waals surface area contributed by atoms with Gasteiger partial charge in [0, 0.05) is 43.5 Å². The molecule has 1 aliphatic carbocycles. The van der Waals surface area contributed by atoms with E-state index in [0.29, 0.717) is 0 Å². The van der Waals surface area contributed by atoms with Crippen molar-refractivity contribution in [2.24, 2.45) is 0 Å². The van der Waals surface area contributed by atoms with Gasteiger partial charge in [0.05, 0.1) is 8.07 Å². The average Bonchev–Trinajstić information content (AvgIpc) is 3.28. The first-order chi connectivity index (χ1) is 21.1. The fourth-order valence-electron chi connectivity index (χ4n) is 5.93. The SMILES string of the molecule is C[Si](C)(C)c1ccc(-c2[c-]cccc2)nc1.Cc1c[c-]c(-c2cc3c(cn2)-c2ccccc2C3(C)C)cc1-c1ccccc1.[Ir]. The zero-order chi connectivity index (χ0) is 30.9. The van der Waals surface area contributed by atoms with Crippen molar-refractivity contribution >= 4 is 13.3 Å². The van der Waals surface area contributed by atoms with Gasteiger partial charge < -0.3 is 9.97 Å². The monoisotopic (exact) mass is 779 g/mol. The molecule has 0 fully saturated rings. The van der Waals surface area contributed by atoms with Crippen molar-refractivity contribution in [1.29, 1.82) is 0 Å². The third-order valence-electron chi connectivity index (χ3n) is 8.60. The molecule has 0 atom stereocenters. The Hall–Kier alpha value is -3.95. The summed E-state index contributed by atoms with van der Waals surface area (Å²) in [6.07, 6.45) is 4.05. The molecular weight excluding hydrogens is 741 g/mol. The topological polar surface area (TPSA) is 25.8 Å². The Kier molecular flexibility index (Phi) is 9.51. The van der Waals surface area contributed by atoms with Crippen LogP contribution in [0.25, 0.3) is 44.8 Å². The van der Waals surface area contributed by atoms with Gasteiger partial charge in [-0.05, 0) is 38.8 Å². The summed E-state index contributed by atoms with van der Waals surface area (Å²) in [6, 6.07) is 44.6. The van der Waals surface area contributed by atoms with E-state index < -0.39 is 8.07 Å². The number of aryl methyl sites for hydroxylation is 1. The van der Waals surface area contributed by atoms with Gasteiger partial charge in [-0.1, -0.05) is 119 Å². The molecule has 227 valence electrons. The second kappa shape index (κ2) is 13.2. The van der Waals surface area contributed by atoms with Gasteiger partial charge in [0.1, 0.15) is 0 Å². The van der Waals surface area contributed by atoms with Crippen LogP contribution in [0.5, 0.6) is 0 Å². The van der Waals surface area contributed by atoms with Crippen molar-refractivity contribution in [2.45, 2.75) is 45.8 Å². The van der Waals surface area contributed by atoms with Gasteiger partial charge >= 0.3 is 0 Å². The second-order valence-electron chi connectivity index (χ2n) is 13.1. The Morgan fingerprint density at radius 3 is 2.02 bits per heavy atom. The van der Waals surface area contributed by atoms with Crippen molar-refractivity contribution in [3.8, 4) is 44.8 Å². The van der Waals surface area contributed by atoms with Gasteiger partial charge in [-0.2, -0.15) is 0 Å². The van der Waals surface area contributed by atoms with Gasteiger partial charge in [-0.25, -0.2) is 0 Å². The maximum atomic E-state index is 4.82. The molecule has 0 amide bonds. The number of fused-ring (bicyclic) bond motifs is 3. The Bertz CT molecular complexity index is 1910. The second-order valence-corrected chi connectivity index (χ2v) is 18.1. The fourth-order valence-corrected chi connectivity index (χ4v) is 6.97. The number of benzene rings is 4. The van der Waals surface area contributed by atoms with Crippen LogP contribution in [0.15, 0.2) is 122 Å². The molecule has 2 nitrogen and oxygen atoms in total. The molecule has 6 aromatic rings. The van der Waals surface area contributed by atoms with E-state index >= 15 is 0 Å². The minimum absolute atomic E-state index is 0. The maximum absolute atomic E-state index is 4.82. The van der Waals surface area contributed by atoms with Gasteiger partial charge in [0.15, 0.2) is 0 Å². The summed E-state index contributed by atoms with van der Waals surface area (Å²) >= 11 is 0. The summed E-state index contributed by atoms with van der Waals surface area (Å²) in [6.45, 7) is 13.7. The van der Waals surface area contributed by atoms with Crippen LogP contribution >= 0.6 is 0 Å². The molecule has 2 heterocycles. The molecular formula is C41H38IrN2Si-2. The van der Waals surface area contributed by atoms with Crippen molar-refractivity contribution in [3.05, 3.63) is 150 Å². The first-order valence-corrected chi connectivity index (χ1v) is 18.7. The van der Waals surface area contributed by atoms with Crippen LogP contribution in [-0.2, 0) is 25.5 Å².